The van der Waals surface area contributed by atoms with Crippen molar-refractivity contribution >= 4 is 17.5 Å². The molecule has 25 heavy (non-hydrogen) atoms. The predicted octanol–water partition coefficient (Wildman–Crippen LogP) is 1.83. The van der Waals surface area contributed by atoms with Crippen molar-refractivity contribution in [1.29, 1.82) is 0 Å². The number of aromatic nitrogens is 1. The van der Waals surface area contributed by atoms with E-state index in [0.717, 1.165) is 18.7 Å². The molecule has 132 valence electrons. The summed E-state index contributed by atoms with van der Waals surface area (Å²) in [6.07, 6.45) is 1.42. The lowest BCUT2D eigenvalue weighted by molar-refractivity contribution is 0.0162. The van der Waals surface area contributed by atoms with E-state index in [1.165, 1.54) is 18.3 Å². The van der Waals surface area contributed by atoms with Crippen molar-refractivity contribution in [2.45, 2.75) is 6.04 Å². The summed E-state index contributed by atoms with van der Waals surface area (Å²) >= 11 is 5.99. The van der Waals surface area contributed by atoms with Crippen LogP contribution in [0.25, 0.3) is 0 Å². The predicted molar refractivity (Wildman–Crippen MR) is 96.0 cm³/mol. The molecule has 1 aliphatic rings. The van der Waals surface area contributed by atoms with Crippen LogP contribution >= 0.6 is 11.6 Å². The van der Waals surface area contributed by atoms with Crippen molar-refractivity contribution in [3.8, 4) is 0 Å². The SMILES string of the molecule is O=C(NCC(c1ccc(Cl)cc1)N1CCOCC1)c1ccc(=O)[nH]c1. The van der Waals surface area contributed by atoms with Crippen LogP contribution in [0, 0.1) is 0 Å². The van der Waals surface area contributed by atoms with E-state index in [0.29, 0.717) is 30.3 Å². The minimum Gasteiger partial charge on any atom is -0.379 e. The van der Waals surface area contributed by atoms with Gasteiger partial charge in [-0.25, -0.2) is 0 Å². The molecule has 6 nitrogen and oxygen atoms in total. The van der Waals surface area contributed by atoms with Crippen molar-refractivity contribution in [2.24, 2.45) is 0 Å². The highest BCUT2D eigenvalue weighted by atomic mass is 35.5. The molecular formula is C18H20ClN3O3. The molecule has 2 heterocycles. The molecule has 1 atom stereocenters. The minimum absolute atomic E-state index is 0.0351. The average molecular weight is 362 g/mol. The van der Waals surface area contributed by atoms with E-state index in [1.807, 2.05) is 24.3 Å². The number of carbonyl (C=O) groups is 1. The monoisotopic (exact) mass is 361 g/mol. The standard InChI is InChI=1S/C18H20ClN3O3/c19-15-4-1-13(2-5-15)16(22-7-9-25-10-8-22)12-21-18(24)14-3-6-17(23)20-11-14/h1-6,11,16H,7-10,12H2,(H,20,23)(H,21,24). The van der Waals surface area contributed by atoms with E-state index in [2.05, 4.69) is 15.2 Å². The summed E-state index contributed by atoms with van der Waals surface area (Å²) in [5, 5.41) is 3.63. The zero-order valence-electron chi connectivity index (χ0n) is 13.7. The van der Waals surface area contributed by atoms with Crippen LogP contribution in [0.3, 0.4) is 0 Å². The van der Waals surface area contributed by atoms with Gasteiger partial charge in [-0.2, -0.15) is 0 Å². The number of carbonyl (C=O) groups excluding carboxylic acids is 1. The zero-order chi connectivity index (χ0) is 17.6. The zero-order valence-corrected chi connectivity index (χ0v) is 14.5. The van der Waals surface area contributed by atoms with Crippen molar-refractivity contribution in [3.63, 3.8) is 0 Å². The normalized spacial score (nSPS) is 16.4. The molecule has 0 spiro atoms. The Kier molecular flexibility index (Phi) is 5.86. The smallest absolute Gasteiger partial charge is 0.252 e. The van der Waals surface area contributed by atoms with Crippen LogP contribution in [0.5, 0.6) is 0 Å². The molecule has 1 aromatic carbocycles. The number of morpholine rings is 1. The van der Waals surface area contributed by atoms with E-state index in [1.54, 1.807) is 0 Å². The second-order valence-corrected chi connectivity index (χ2v) is 6.30. The minimum atomic E-state index is -0.232. The highest BCUT2D eigenvalue weighted by molar-refractivity contribution is 6.30. The van der Waals surface area contributed by atoms with Crippen molar-refractivity contribution in [1.82, 2.24) is 15.2 Å². The summed E-state index contributed by atoms with van der Waals surface area (Å²) in [6.45, 7) is 3.43. The molecule has 1 amide bonds. The first-order chi connectivity index (χ1) is 12.1. The Labute approximate surface area is 150 Å². The number of rotatable bonds is 5. The maximum absolute atomic E-state index is 12.3. The Morgan fingerprint density at radius 1 is 1.20 bits per heavy atom. The molecule has 1 fully saturated rings. The lowest BCUT2D eigenvalue weighted by Crippen LogP contribution is -2.43. The van der Waals surface area contributed by atoms with Gasteiger partial charge in [-0.15, -0.1) is 0 Å². The summed E-state index contributed by atoms with van der Waals surface area (Å²) < 4.78 is 5.43. The third-order valence-corrected chi connectivity index (χ3v) is 4.50. The molecule has 1 saturated heterocycles. The highest BCUT2D eigenvalue weighted by Crippen LogP contribution is 2.23. The number of nitrogens with zero attached hydrogens (tertiary/aromatic N) is 1. The second-order valence-electron chi connectivity index (χ2n) is 5.87. The Balaban J connectivity index is 1.72. The molecule has 0 aliphatic carbocycles. The summed E-state index contributed by atoms with van der Waals surface area (Å²) in [5.41, 5.74) is 1.29. The number of benzene rings is 1. The number of pyridine rings is 1. The van der Waals surface area contributed by atoms with Gasteiger partial charge >= 0.3 is 0 Å². The van der Waals surface area contributed by atoms with Gasteiger partial charge in [-0.1, -0.05) is 23.7 Å². The number of nitrogens with one attached hydrogen (secondary N) is 2. The van der Waals surface area contributed by atoms with Crippen LogP contribution in [0.2, 0.25) is 5.02 Å². The molecule has 3 rings (SSSR count). The summed E-state index contributed by atoms with van der Waals surface area (Å²) in [7, 11) is 0. The van der Waals surface area contributed by atoms with E-state index in [-0.39, 0.29) is 17.5 Å². The van der Waals surface area contributed by atoms with Gasteiger partial charge in [0.1, 0.15) is 0 Å². The maximum Gasteiger partial charge on any atom is 0.252 e. The van der Waals surface area contributed by atoms with Gasteiger partial charge in [-0.05, 0) is 23.8 Å². The number of aromatic amines is 1. The van der Waals surface area contributed by atoms with Gasteiger partial charge in [0.05, 0.1) is 24.8 Å². The molecule has 7 heteroatoms. The van der Waals surface area contributed by atoms with Gasteiger partial charge in [-0.3, -0.25) is 14.5 Å². The van der Waals surface area contributed by atoms with Crippen LogP contribution < -0.4 is 10.9 Å². The summed E-state index contributed by atoms with van der Waals surface area (Å²) in [6, 6.07) is 10.6. The third-order valence-electron chi connectivity index (χ3n) is 4.24. The Morgan fingerprint density at radius 3 is 2.56 bits per heavy atom. The first-order valence-electron chi connectivity index (χ1n) is 8.18. The highest BCUT2D eigenvalue weighted by Gasteiger charge is 2.23. The molecule has 2 N–H and O–H groups in total. The topological polar surface area (TPSA) is 74.4 Å². The Hall–Kier alpha value is -2.15. The molecule has 1 aromatic heterocycles. The second kappa shape index (κ2) is 8.29. The van der Waals surface area contributed by atoms with Crippen molar-refractivity contribution in [2.75, 3.05) is 32.8 Å². The molecule has 2 aromatic rings. The Bertz CT molecular complexity index is 749. The number of hydrogen-bond donors (Lipinski definition) is 2. The quantitative estimate of drug-likeness (QED) is 0.852. The van der Waals surface area contributed by atoms with Gasteiger partial charge in [0.15, 0.2) is 0 Å². The Morgan fingerprint density at radius 2 is 1.92 bits per heavy atom. The number of hydrogen-bond acceptors (Lipinski definition) is 4. The van der Waals surface area contributed by atoms with Crippen LogP contribution in [0.15, 0.2) is 47.4 Å². The van der Waals surface area contributed by atoms with Gasteiger partial charge < -0.3 is 15.0 Å². The van der Waals surface area contributed by atoms with Crippen LogP contribution in [0.1, 0.15) is 22.0 Å². The fourth-order valence-electron chi connectivity index (χ4n) is 2.88. The van der Waals surface area contributed by atoms with Crippen LogP contribution in [-0.2, 0) is 4.74 Å². The number of amides is 1. The molecule has 0 radical (unpaired) electrons. The summed E-state index contributed by atoms with van der Waals surface area (Å²) in [5.74, 6) is -0.219. The number of ether oxygens (including phenoxy) is 1. The first-order valence-corrected chi connectivity index (χ1v) is 8.55. The number of halogens is 1. The van der Waals surface area contributed by atoms with Crippen molar-refractivity contribution < 1.29 is 9.53 Å². The average Bonchev–Trinajstić information content (AvgIpc) is 2.64. The van der Waals surface area contributed by atoms with Gasteiger partial charge in [0.25, 0.3) is 5.91 Å². The van der Waals surface area contributed by atoms with Crippen molar-refractivity contribution in [3.05, 3.63) is 69.1 Å². The molecule has 0 bridgehead atoms. The van der Waals surface area contributed by atoms with Crippen LogP contribution in [-0.4, -0.2) is 48.6 Å². The van der Waals surface area contributed by atoms with E-state index >= 15 is 0 Å². The third kappa shape index (κ3) is 4.69. The fraction of sp³-hybridized carbons (Fsp3) is 0.333. The lowest BCUT2D eigenvalue weighted by Gasteiger charge is -2.35. The van der Waals surface area contributed by atoms with E-state index in [4.69, 9.17) is 16.3 Å². The van der Waals surface area contributed by atoms with Gasteiger partial charge in [0, 0.05) is 36.9 Å². The number of H-pyrrole nitrogens is 1. The molecule has 1 aliphatic heterocycles. The molecule has 1 unspecified atom stereocenters. The molecular weight excluding hydrogens is 342 g/mol. The van der Waals surface area contributed by atoms with Crippen LogP contribution in [0.4, 0.5) is 0 Å². The van der Waals surface area contributed by atoms with Gasteiger partial charge in [0.2, 0.25) is 5.56 Å². The maximum atomic E-state index is 12.3. The van der Waals surface area contributed by atoms with E-state index < -0.39 is 0 Å². The van der Waals surface area contributed by atoms with E-state index in [9.17, 15) is 9.59 Å². The first kappa shape index (κ1) is 17.7. The lowest BCUT2D eigenvalue weighted by atomic mass is 10.0. The molecule has 0 saturated carbocycles. The fourth-order valence-corrected chi connectivity index (χ4v) is 3.00. The largest absolute Gasteiger partial charge is 0.379 e. The summed E-state index contributed by atoms with van der Waals surface area (Å²) in [4.78, 5) is 28.2.